The van der Waals surface area contributed by atoms with Crippen LogP contribution in [0.15, 0.2) is 62.8 Å². The van der Waals surface area contributed by atoms with Gasteiger partial charge in [0.15, 0.2) is 4.80 Å². The SMILES string of the molecule is CCOC(=O)C1=C(C)N=c2s/c(=C/c3cccc(O)c3)c(=O)n2[C@H]1c1cccs1. The van der Waals surface area contributed by atoms with Crippen LogP contribution >= 0.6 is 22.7 Å². The first-order chi connectivity index (χ1) is 14.0. The van der Waals surface area contributed by atoms with Gasteiger partial charge in [-0.1, -0.05) is 29.5 Å². The minimum atomic E-state index is -0.573. The fraction of sp³-hybridized carbons (Fsp3) is 0.190. The molecule has 0 fully saturated rings. The van der Waals surface area contributed by atoms with Crippen LogP contribution in [0.2, 0.25) is 0 Å². The number of aromatic hydroxyl groups is 1. The van der Waals surface area contributed by atoms with Crippen LogP contribution in [0.1, 0.15) is 30.3 Å². The number of nitrogens with zero attached hydrogens (tertiary/aromatic N) is 2. The molecule has 0 saturated carbocycles. The summed E-state index contributed by atoms with van der Waals surface area (Å²) < 4.78 is 7.29. The number of hydrogen-bond donors (Lipinski definition) is 1. The highest BCUT2D eigenvalue weighted by molar-refractivity contribution is 7.10. The molecule has 4 rings (SSSR count). The Kier molecular flexibility index (Phi) is 5.21. The molecule has 1 aliphatic rings. The van der Waals surface area contributed by atoms with Gasteiger partial charge in [-0.05, 0) is 49.1 Å². The second-order valence-electron chi connectivity index (χ2n) is 6.41. The lowest BCUT2D eigenvalue weighted by Crippen LogP contribution is -2.39. The summed E-state index contributed by atoms with van der Waals surface area (Å²) in [5.74, 6) is -0.335. The summed E-state index contributed by atoms with van der Waals surface area (Å²) in [6.07, 6.45) is 1.72. The summed E-state index contributed by atoms with van der Waals surface area (Å²) in [5.41, 5.74) is 1.41. The van der Waals surface area contributed by atoms with E-state index in [1.165, 1.54) is 22.7 Å². The van der Waals surface area contributed by atoms with Gasteiger partial charge in [-0.3, -0.25) is 9.36 Å². The molecule has 0 unspecified atom stereocenters. The zero-order valence-corrected chi connectivity index (χ0v) is 17.4. The van der Waals surface area contributed by atoms with E-state index >= 15 is 0 Å². The lowest BCUT2D eigenvalue weighted by atomic mass is 10.0. The number of ether oxygens (including phenoxy) is 1. The minimum absolute atomic E-state index is 0.128. The Morgan fingerprint density at radius 2 is 2.17 bits per heavy atom. The third-order valence-electron chi connectivity index (χ3n) is 4.50. The fourth-order valence-electron chi connectivity index (χ4n) is 3.27. The molecule has 0 spiro atoms. The summed E-state index contributed by atoms with van der Waals surface area (Å²) >= 11 is 2.74. The zero-order chi connectivity index (χ0) is 20.5. The normalized spacial score (nSPS) is 16.5. The Morgan fingerprint density at radius 1 is 1.34 bits per heavy atom. The third kappa shape index (κ3) is 3.56. The van der Waals surface area contributed by atoms with Gasteiger partial charge < -0.3 is 9.84 Å². The highest BCUT2D eigenvalue weighted by atomic mass is 32.1. The van der Waals surface area contributed by atoms with Crippen molar-refractivity contribution < 1.29 is 14.6 Å². The largest absolute Gasteiger partial charge is 0.508 e. The summed E-state index contributed by atoms with van der Waals surface area (Å²) in [6.45, 7) is 3.76. The molecule has 8 heteroatoms. The van der Waals surface area contributed by atoms with Gasteiger partial charge in [0.1, 0.15) is 11.8 Å². The van der Waals surface area contributed by atoms with Crippen LogP contribution in [0.4, 0.5) is 0 Å². The maximum atomic E-state index is 13.3. The van der Waals surface area contributed by atoms with E-state index in [0.29, 0.717) is 26.2 Å². The number of rotatable bonds is 4. The van der Waals surface area contributed by atoms with Gasteiger partial charge in [0.2, 0.25) is 0 Å². The topological polar surface area (TPSA) is 80.9 Å². The predicted molar refractivity (Wildman–Crippen MR) is 113 cm³/mol. The van der Waals surface area contributed by atoms with Crippen molar-refractivity contribution in [3.63, 3.8) is 0 Å². The third-order valence-corrected chi connectivity index (χ3v) is 6.41. The maximum Gasteiger partial charge on any atom is 0.338 e. The Labute approximate surface area is 174 Å². The molecule has 6 nitrogen and oxygen atoms in total. The van der Waals surface area contributed by atoms with Crippen molar-refractivity contribution in [3.05, 3.63) is 83.2 Å². The average Bonchev–Trinajstić information content (AvgIpc) is 3.30. The minimum Gasteiger partial charge on any atom is -0.508 e. The van der Waals surface area contributed by atoms with E-state index < -0.39 is 12.0 Å². The van der Waals surface area contributed by atoms with Crippen LogP contribution in [0.3, 0.4) is 0 Å². The summed E-state index contributed by atoms with van der Waals surface area (Å²) in [6, 6.07) is 9.91. The van der Waals surface area contributed by atoms with E-state index in [4.69, 9.17) is 4.74 Å². The number of phenolic OH excluding ortho intramolecular Hbond substituents is 1. The molecule has 3 aromatic rings. The van der Waals surface area contributed by atoms with Crippen molar-refractivity contribution in [2.75, 3.05) is 6.61 Å². The standard InChI is InChI=1S/C21H18N2O4S2/c1-3-27-20(26)17-12(2)22-21-23(18(17)15-8-5-9-28-15)19(25)16(29-21)11-13-6-4-7-14(24)10-13/h4-11,18,24H,3H2,1-2H3/b16-11+/t18-/m0/s1. The van der Waals surface area contributed by atoms with Crippen LogP contribution in [-0.2, 0) is 9.53 Å². The van der Waals surface area contributed by atoms with Crippen LogP contribution in [0.5, 0.6) is 5.75 Å². The van der Waals surface area contributed by atoms with Gasteiger partial charge in [0, 0.05) is 4.88 Å². The number of hydrogen-bond acceptors (Lipinski definition) is 7. The smallest absolute Gasteiger partial charge is 0.338 e. The number of benzene rings is 1. The lowest BCUT2D eigenvalue weighted by Gasteiger charge is -2.23. The molecular weight excluding hydrogens is 408 g/mol. The Morgan fingerprint density at radius 3 is 2.86 bits per heavy atom. The van der Waals surface area contributed by atoms with Crippen molar-refractivity contribution >= 4 is 34.7 Å². The highest BCUT2D eigenvalue weighted by Crippen LogP contribution is 2.33. The van der Waals surface area contributed by atoms with Crippen molar-refractivity contribution in [2.45, 2.75) is 19.9 Å². The monoisotopic (exact) mass is 426 g/mol. The number of aromatic nitrogens is 1. The maximum absolute atomic E-state index is 13.3. The number of phenols is 1. The molecule has 2 aromatic heterocycles. The van der Waals surface area contributed by atoms with Crippen LogP contribution < -0.4 is 14.9 Å². The number of carbonyl (C=O) groups excluding carboxylic acids is 1. The van der Waals surface area contributed by atoms with E-state index in [2.05, 4.69) is 4.99 Å². The Hall–Kier alpha value is -2.97. The number of carbonyl (C=O) groups is 1. The van der Waals surface area contributed by atoms with Crippen molar-refractivity contribution in [2.24, 2.45) is 4.99 Å². The molecule has 0 saturated heterocycles. The van der Waals surface area contributed by atoms with E-state index in [1.807, 2.05) is 23.6 Å². The second kappa shape index (κ2) is 7.81. The summed E-state index contributed by atoms with van der Waals surface area (Å²) in [7, 11) is 0. The van der Waals surface area contributed by atoms with Crippen molar-refractivity contribution in [1.82, 2.24) is 4.57 Å². The summed E-state index contributed by atoms with van der Waals surface area (Å²) in [5, 5.41) is 11.6. The molecule has 0 aliphatic carbocycles. The van der Waals surface area contributed by atoms with Crippen molar-refractivity contribution in [3.8, 4) is 5.75 Å². The zero-order valence-electron chi connectivity index (χ0n) is 15.8. The molecule has 1 atom stereocenters. The molecule has 0 radical (unpaired) electrons. The molecule has 29 heavy (non-hydrogen) atoms. The lowest BCUT2D eigenvalue weighted by molar-refractivity contribution is -0.139. The molecule has 1 N–H and O–H groups in total. The number of thiophene rings is 1. The van der Waals surface area contributed by atoms with E-state index in [0.717, 1.165) is 4.88 Å². The molecule has 1 aliphatic heterocycles. The first kappa shape index (κ1) is 19.4. The van der Waals surface area contributed by atoms with E-state index in [1.54, 1.807) is 42.7 Å². The van der Waals surface area contributed by atoms with Gasteiger partial charge in [0.05, 0.1) is 22.4 Å². The average molecular weight is 427 g/mol. The number of thiazole rings is 1. The Balaban J connectivity index is 1.94. The number of esters is 1. The molecule has 0 amide bonds. The van der Waals surface area contributed by atoms with Gasteiger partial charge in [-0.15, -0.1) is 11.3 Å². The molecule has 1 aromatic carbocycles. The Bertz CT molecular complexity index is 1280. The number of fused-ring (bicyclic) bond motifs is 1. The molecular formula is C21H18N2O4S2. The van der Waals surface area contributed by atoms with Gasteiger partial charge >= 0.3 is 5.97 Å². The molecule has 148 valence electrons. The van der Waals surface area contributed by atoms with Gasteiger partial charge in [-0.25, -0.2) is 9.79 Å². The van der Waals surface area contributed by atoms with Gasteiger partial charge in [-0.2, -0.15) is 0 Å². The van der Waals surface area contributed by atoms with Crippen molar-refractivity contribution in [1.29, 1.82) is 0 Å². The van der Waals surface area contributed by atoms with Crippen LogP contribution in [0.25, 0.3) is 6.08 Å². The molecule has 0 bridgehead atoms. The molecule has 3 heterocycles. The van der Waals surface area contributed by atoms with E-state index in [-0.39, 0.29) is 17.9 Å². The van der Waals surface area contributed by atoms with Crippen LogP contribution in [0, 0.1) is 0 Å². The van der Waals surface area contributed by atoms with E-state index in [9.17, 15) is 14.7 Å². The van der Waals surface area contributed by atoms with Crippen LogP contribution in [-0.4, -0.2) is 22.2 Å². The summed E-state index contributed by atoms with van der Waals surface area (Å²) in [4.78, 5) is 31.9. The first-order valence-corrected chi connectivity index (χ1v) is 10.7. The first-order valence-electron chi connectivity index (χ1n) is 9.01. The quantitative estimate of drug-likeness (QED) is 0.650. The second-order valence-corrected chi connectivity index (χ2v) is 8.40. The highest BCUT2D eigenvalue weighted by Gasteiger charge is 2.33. The van der Waals surface area contributed by atoms with Gasteiger partial charge in [0.25, 0.3) is 5.56 Å². The number of allylic oxidation sites excluding steroid dienone is 1. The predicted octanol–water partition coefficient (Wildman–Crippen LogP) is 2.57. The fourth-order valence-corrected chi connectivity index (χ4v) is 5.14.